The maximum atomic E-state index is 12.9. The van der Waals surface area contributed by atoms with Gasteiger partial charge in [-0.3, -0.25) is 4.79 Å². The number of aryl methyl sites for hydroxylation is 1. The molecule has 0 fully saturated rings. The van der Waals surface area contributed by atoms with Crippen molar-refractivity contribution in [3.05, 3.63) is 89.4 Å². The highest BCUT2D eigenvalue weighted by molar-refractivity contribution is 7.13. The van der Waals surface area contributed by atoms with E-state index in [-0.39, 0.29) is 5.91 Å². The van der Waals surface area contributed by atoms with Crippen LogP contribution in [0.1, 0.15) is 15.9 Å². The second-order valence-corrected chi connectivity index (χ2v) is 6.92. The van der Waals surface area contributed by atoms with Crippen LogP contribution < -0.4 is 5.32 Å². The minimum absolute atomic E-state index is 0.166. The Morgan fingerprint density at radius 1 is 1.04 bits per heavy atom. The van der Waals surface area contributed by atoms with Crippen LogP contribution in [0.2, 0.25) is 0 Å². The molecule has 0 saturated carbocycles. The lowest BCUT2D eigenvalue weighted by Crippen LogP contribution is -2.12. The molecular weight excluding hydrogens is 342 g/mol. The first-order valence-corrected chi connectivity index (χ1v) is 9.16. The third-order valence-corrected chi connectivity index (χ3v) is 4.89. The van der Waals surface area contributed by atoms with Gasteiger partial charge in [-0.25, -0.2) is 4.68 Å². The summed E-state index contributed by atoms with van der Waals surface area (Å²) >= 11 is 1.57. The van der Waals surface area contributed by atoms with Crippen molar-refractivity contribution < 1.29 is 4.79 Å². The van der Waals surface area contributed by atoms with Gasteiger partial charge < -0.3 is 5.32 Å². The Bertz CT molecular complexity index is 1040. The SMILES string of the molecule is Cc1cccc(NC(=O)c2cn(-c3ccccc3)nc2-c2cccs2)c1. The summed E-state index contributed by atoms with van der Waals surface area (Å²) in [7, 11) is 0. The maximum absolute atomic E-state index is 12.9. The van der Waals surface area contributed by atoms with Crippen molar-refractivity contribution in [1.82, 2.24) is 9.78 Å². The van der Waals surface area contributed by atoms with Gasteiger partial charge in [0.15, 0.2) is 0 Å². The summed E-state index contributed by atoms with van der Waals surface area (Å²) in [5.74, 6) is -0.166. The Hall–Kier alpha value is -3.18. The predicted molar refractivity (Wildman–Crippen MR) is 106 cm³/mol. The lowest BCUT2D eigenvalue weighted by atomic mass is 10.2. The fourth-order valence-electron chi connectivity index (χ4n) is 2.77. The topological polar surface area (TPSA) is 46.9 Å². The molecule has 2 aromatic carbocycles. The van der Waals surface area contributed by atoms with Crippen molar-refractivity contribution in [2.24, 2.45) is 0 Å². The van der Waals surface area contributed by atoms with Gasteiger partial charge in [-0.05, 0) is 48.2 Å². The van der Waals surface area contributed by atoms with E-state index in [4.69, 9.17) is 0 Å². The van der Waals surface area contributed by atoms with Gasteiger partial charge in [-0.2, -0.15) is 5.10 Å². The summed E-state index contributed by atoms with van der Waals surface area (Å²) in [6, 6.07) is 21.5. The molecule has 5 heteroatoms. The summed E-state index contributed by atoms with van der Waals surface area (Å²) in [5, 5.41) is 9.63. The number of carbonyl (C=O) groups is 1. The van der Waals surface area contributed by atoms with Gasteiger partial charge in [-0.15, -0.1) is 11.3 Å². The molecule has 4 aromatic rings. The van der Waals surface area contributed by atoms with E-state index in [1.54, 1.807) is 22.2 Å². The average Bonchev–Trinajstić information content (AvgIpc) is 3.32. The highest BCUT2D eigenvalue weighted by Crippen LogP contribution is 2.28. The second-order valence-electron chi connectivity index (χ2n) is 5.97. The zero-order valence-electron chi connectivity index (χ0n) is 14.2. The van der Waals surface area contributed by atoms with Crippen LogP contribution in [-0.4, -0.2) is 15.7 Å². The standard InChI is InChI=1S/C21H17N3OS/c1-15-7-5-8-16(13-15)22-21(25)18-14-24(17-9-3-2-4-10-17)23-20(18)19-11-6-12-26-19/h2-14H,1H3,(H,22,25). The number of aromatic nitrogens is 2. The molecule has 0 atom stereocenters. The minimum atomic E-state index is -0.166. The third-order valence-electron chi connectivity index (χ3n) is 4.01. The summed E-state index contributed by atoms with van der Waals surface area (Å²) in [6.07, 6.45) is 1.79. The molecule has 26 heavy (non-hydrogen) atoms. The number of carbonyl (C=O) groups excluding carboxylic acids is 1. The maximum Gasteiger partial charge on any atom is 0.259 e. The normalized spacial score (nSPS) is 10.7. The van der Waals surface area contributed by atoms with E-state index in [9.17, 15) is 4.79 Å². The monoisotopic (exact) mass is 359 g/mol. The molecule has 2 aromatic heterocycles. The number of rotatable bonds is 4. The quantitative estimate of drug-likeness (QED) is 0.547. The number of para-hydroxylation sites is 1. The lowest BCUT2D eigenvalue weighted by molar-refractivity contribution is 0.102. The van der Waals surface area contributed by atoms with Crippen molar-refractivity contribution in [3.63, 3.8) is 0 Å². The van der Waals surface area contributed by atoms with Crippen LogP contribution in [0.25, 0.3) is 16.3 Å². The van der Waals surface area contributed by atoms with Gasteiger partial charge in [0.1, 0.15) is 5.69 Å². The molecular formula is C21H17N3OS. The number of nitrogens with zero attached hydrogens (tertiary/aromatic N) is 2. The Balaban J connectivity index is 1.74. The lowest BCUT2D eigenvalue weighted by Gasteiger charge is -2.05. The number of amides is 1. The molecule has 0 aliphatic rings. The molecule has 0 bridgehead atoms. The van der Waals surface area contributed by atoms with Crippen LogP contribution in [0, 0.1) is 6.92 Å². The van der Waals surface area contributed by atoms with E-state index < -0.39 is 0 Å². The second kappa shape index (κ2) is 6.98. The van der Waals surface area contributed by atoms with Crippen molar-refractivity contribution in [3.8, 4) is 16.3 Å². The first kappa shape index (κ1) is 16.3. The van der Waals surface area contributed by atoms with E-state index in [0.29, 0.717) is 11.3 Å². The van der Waals surface area contributed by atoms with E-state index in [0.717, 1.165) is 21.8 Å². The number of benzene rings is 2. The predicted octanol–water partition coefficient (Wildman–Crippen LogP) is 5.16. The molecule has 0 spiro atoms. The first-order valence-electron chi connectivity index (χ1n) is 8.28. The Morgan fingerprint density at radius 3 is 2.62 bits per heavy atom. The number of nitrogens with one attached hydrogen (secondary N) is 1. The van der Waals surface area contributed by atoms with E-state index >= 15 is 0 Å². The molecule has 0 unspecified atom stereocenters. The average molecular weight is 359 g/mol. The molecule has 128 valence electrons. The van der Waals surface area contributed by atoms with E-state index in [2.05, 4.69) is 10.4 Å². The van der Waals surface area contributed by atoms with Crippen LogP contribution in [0.5, 0.6) is 0 Å². The summed E-state index contributed by atoms with van der Waals surface area (Å²) in [6.45, 7) is 2.00. The van der Waals surface area contributed by atoms with Gasteiger partial charge in [0.2, 0.25) is 0 Å². The van der Waals surface area contributed by atoms with E-state index in [1.165, 1.54) is 0 Å². The Morgan fingerprint density at radius 2 is 1.88 bits per heavy atom. The van der Waals surface area contributed by atoms with Crippen molar-refractivity contribution in [2.75, 3.05) is 5.32 Å². The van der Waals surface area contributed by atoms with Crippen LogP contribution >= 0.6 is 11.3 Å². The molecule has 0 aliphatic heterocycles. The fourth-order valence-corrected chi connectivity index (χ4v) is 3.49. The van der Waals surface area contributed by atoms with Crippen molar-refractivity contribution in [1.29, 1.82) is 0 Å². The number of hydrogen-bond donors (Lipinski definition) is 1. The molecule has 1 amide bonds. The van der Waals surface area contributed by atoms with Gasteiger partial charge in [-0.1, -0.05) is 36.4 Å². The smallest absolute Gasteiger partial charge is 0.259 e. The molecule has 1 N–H and O–H groups in total. The zero-order chi connectivity index (χ0) is 17.9. The summed E-state index contributed by atoms with van der Waals surface area (Å²) in [4.78, 5) is 13.9. The highest BCUT2D eigenvalue weighted by Gasteiger charge is 2.19. The third kappa shape index (κ3) is 3.30. The van der Waals surface area contributed by atoms with Crippen LogP contribution in [0.3, 0.4) is 0 Å². The van der Waals surface area contributed by atoms with Crippen molar-refractivity contribution in [2.45, 2.75) is 6.92 Å². The molecule has 0 radical (unpaired) electrons. The molecule has 4 nitrogen and oxygen atoms in total. The number of hydrogen-bond acceptors (Lipinski definition) is 3. The van der Waals surface area contributed by atoms with Gasteiger partial charge in [0, 0.05) is 11.9 Å². The van der Waals surface area contributed by atoms with Gasteiger partial charge in [0.05, 0.1) is 16.1 Å². The zero-order valence-corrected chi connectivity index (χ0v) is 15.0. The number of anilines is 1. The Kier molecular flexibility index (Phi) is 4.37. The first-order chi connectivity index (χ1) is 12.7. The largest absolute Gasteiger partial charge is 0.322 e. The van der Waals surface area contributed by atoms with Gasteiger partial charge >= 0.3 is 0 Å². The summed E-state index contributed by atoms with van der Waals surface area (Å²) in [5.41, 5.74) is 4.03. The Labute approximate surface area is 155 Å². The molecule has 0 saturated heterocycles. The van der Waals surface area contributed by atoms with Gasteiger partial charge in [0.25, 0.3) is 5.91 Å². The number of thiophene rings is 1. The molecule has 0 aliphatic carbocycles. The van der Waals surface area contributed by atoms with Crippen LogP contribution in [0.15, 0.2) is 78.3 Å². The van der Waals surface area contributed by atoms with E-state index in [1.807, 2.05) is 79.0 Å². The highest BCUT2D eigenvalue weighted by atomic mass is 32.1. The van der Waals surface area contributed by atoms with Crippen LogP contribution in [-0.2, 0) is 0 Å². The molecule has 2 heterocycles. The minimum Gasteiger partial charge on any atom is -0.322 e. The molecule has 4 rings (SSSR count). The van der Waals surface area contributed by atoms with Crippen LogP contribution in [0.4, 0.5) is 5.69 Å². The fraction of sp³-hybridized carbons (Fsp3) is 0.0476. The van der Waals surface area contributed by atoms with Crippen molar-refractivity contribution >= 4 is 22.9 Å². The summed E-state index contributed by atoms with van der Waals surface area (Å²) < 4.78 is 1.75.